The lowest BCUT2D eigenvalue weighted by molar-refractivity contribution is -0.132. The molecule has 0 bridgehead atoms. The Morgan fingerprint density at radius 3 is 3.06 bits per heavy atom. The fraction of sp³-hybridized carbons (Fsp3) is 0.417. The van der Waals surface area contributed by atoms with Crippen molar-refractivity contribution in [2.75, 3.05) is 26.7 Å². The highest BCUT2D eigenvalue weighted by molar-refractivity contribution is 9.10. The van der Waals surface area contributed by atoms with Crippen LogP contribution in [0.5, 0.6) is 5.75 Å². The number of halogens is 1. The van der Waals surface area contributed by atoms with Crippen molar-refractivity contribution in [1.82, 2.24) is 10.2 Å². The summed E-state index contributed by atoms with van der Waals surface area (Å²) in [6.45, 7) is 2.62. The van der Waals surface area contributed by atoms with Crippen molar-refractivity contribution in [2.24, 2.45) is 0 Å². The number of amides is 1. The number of piperazine rings is 1. The molecular weight excluding hydrogens is 284 g/mol. The molecule has 1 aromatic carbocycles. The summed E-state index contributed by atoms with van der Waals surface area (Å²) in [6, 6.07) is 5.84. The molecule has 1 amide bonds. The lowest BCUT2D eigenvalue weighted by Gasteiger charge is -2.28. The lowest BCUT2D eigenvalue weighted by atomic mass is 10.1. The Kier molecular flexibility index (Phi) is 4.02. The number of carbonyl (C=O) groups excluding carboxylic acids is 1. The van der Waals surface area contributed by atoms with Crippen molar-refractivity contribution in [3.8, 4) is 5.75 Å². The van der Waals surface area contributed by atoms with Gasteiger partial charge in [0.15, 0.2) is 0 Å². The van der Waals surface area contributed by atoms with Crippen LogP contribution in [0.25, 0.3) is 0 Å². The van der Waals surface area contributed by atoms with Gasteiger partial charge in [0.05, 0.1) is 13.7 Å². The summed E-state index contributed by atoms with van der Waals surface area (Å²) in [7, 11) is 1.65. The monoisotopic (exact) mass is 298 g/mol. The second-order valence-electron chi connectivity index (χ2n) is 3.95. The molecule has 0 unspecified atom stereocenters. The molecule has 0 saturated carbocycles. The number of hydrogen-bond donors (Lipinski definition) is 1. The molecule has 0 aromatic heterocycles. The van der Waals surface area contributed by atoms with Crippen LogP contribution in [0.4, 0.5) is 0 Å². The van der Waals surface area contributed by atoms with Gasteiger partial charge in [-0.05, 0) is 18.2 Å². The van der Waals surface area contributed by atoms with Crippen LogP contribution in [0.2, 0.25) is 0 Å². The molecule has 0 radical (unpaired) electrons. The van der Waals surface area contributed by atoms with E-state index in [0.29, 0.717) is 13.1 Å². The Morgan fingerprint density at radius 2 is 2.35 bits per heavy atom. The zero-order valence-electron chi connectivity index (χ0n) is 9.70. The first-order valence-corrected chi connectivity index (χ1v) is 6.31. The van der Waals surface area contributed by atoms with Gasteiger partial charge in [-0.2, -0.15) is 0 Å². The van der Waals surface area contributed by atoms with Crippen molar-refractivity contribution < 1.29 is 9.53 Å². The van der Waals surface area contributed by atoms with Crippen LogP contribution in [-0.2, 0) is 11.3 Å². The van der Waals surface area contributed by atoms with Crippen LogP contribution in [0.3, 0.4) is 0 Å². The number of ether oxygens (including phenoxy) is 1. The second kappa shape index (κ2) is 5.51. The van der Waals surface area contributed by atoms with Gasteiger partial charge in [-0.25, -0.2) is 0 Å². The topological polar surface area (TPSA) is 41.6 Å². The smallest absolute Gasteiger partial charge is 0.236 e. The molecule has 17 heavy (non-hydrogen) atoms. The van der Waals surface area contributed by atoms with Crippen molar-refractivity contribution in [1.29, 1.82) is 0 Å². The van der Waals surface area contributed by atoms with Gasteiger partial charge in [-0.3, -0.25) is 4.79 Å². The van der Waals surface area contributed by atoms with Crippen LogP contribution >= 0.6 is 15.9 Å². The van der Waals surface area contributed by atoms with Gasteiger partial charge in [0.2, 0.25) is 5.91 Å². The minimum Gasteiger partial charge on any atom is -0.496 e. The molecular formula is C12H15BrN2O2. The highest BCUT2D eigenvalue weighted by atomic mass is 79.9. The van der Waals surface area contributed by atoms with E-state index in [1.165, 1.54) is 0 Å². The Balaban J connectivity index is 2.16. The van der Waals surface area contributed by atoms with Crippen LogP contribution in [0, 0.1) is 0 Å². The average molecular weight is 299 g/mol. The molecule has 0 atom stereocenters. The third-order valence-corrected chi connectivity index (χ3v) is 3.28. The second-order valence-corrected chi connectivity index (χ2v) is 4.86. The number of hydrogen-bond acceptors (Lipinski definition) is 3. The van der Waals surface area contributed by atoms with Gasteiger partial charge in [0, 0.05) is 29.7 Å². The third-order valence-electron chi connectivity index (χ3n) is 2.79. The SMILES string of the molecule is COc1ccc(Br)cc1CN1CCNCC1=O. The molecule has 1 aromatic rings. The maximum atomic E-state index is 11.7. The van der Waals surface area contributed by atoms with Crippen molar-refractivity contribution in [3.63, 3.8) is 0 Å². The van der Waals surface area contributed by atoms with Gasteiger partial charge in [0.25, 0.3) is 0 Å². The van der Waals surface area contributed by atoms with Crippen molar-refractivity contribution in [3.05, 3.63) is 28.2 Å². The maximum Gasteiger partial charge on any atom is 0.236 e. The molecule has 1 fully saturated rings. The van der Waals surface area contributed by atoms with Gasteiger partial charge in [-0.1, -0.05) is 15.9 Å². The number of methoxy groups -OCH3 is 1. The molecule has 1 heterocycles. The Labute approximate surface area is 109 Å². The number of nitrogens with one attached hydrogen (secondary N) is 1. The van der Waals surface area contributed by atoms with Crippen LogP contribution in [-0.4, -0.2) is 37.6 Å². The lowest BCUT2D eigenvalue weighted by Crippen LogP contribution is -2.47. The van der Waals surface area contributed by atoms with Gasteiger partial charge in [0.1, 0.15) is 5.75 Å². The van der Waals surface area contributed by atoms with E-state index in [9.17, 15) is 4.79 Å². The highest BCUT2D eigenvalue weighted by Gasteiger charge is 2.19. The van der Waals surface area contributed by atoms with E-state index in [1.54, 1.807) is 7.11 Å². The van der Waals surface area contributed by atoms with E-state index in [0.717, 1.165) is 28.9 Å². The Morgan fingerprint density at radius 1 is 1.53 bits per heavy atom. The number of benzene rings is 1. The number of nitrogens with zero attached hydrogens (tertiary/aromatic N) is 1. The zero-order valence-corrected chi connectivity index (χ0v) is 11.3. The van der Waals surface area contributed by atoms with Gasteiger partial charge >= 0.3 is 0 Å². The molecule has 2 rings (SSSR count). The molecule has 92 valence electrons. The molecule has 0 aliphatic carbocycles. The summed E-state index contributed by atoms with van der Waals surface area (Å²) in [6.07, 6.45) is 0. The summed E-state index contributed by atoms with van der Waals surface area (Å²) in [5, 5.41) is 3.06. The summed E-state index contributed by atoms with van der Waals surface area (Å²) >= 11 is 3.43. The fourth-order valence-corrected chi connectivity index (χ4v) is 2.30. The standard InChI is InChI=1S/C12H15BrN2O2/c1-17-11-3-2-10(13)6-9(11)8-15-5-4-14-7-12(15)16/h2-3,6,14H,4-5,7-8H2,1H3. The highest BCUT2D eigenvalue weighted by Crippen LogP contribution is 2.24. The van der Waals surface area contributed by atoms with E-state index in [2.05, 4.69) is 21.2 Å². The fourth-order valence-electron chi connectivity index (χ4n) is 1.89. The number of carbonyl (C=O) groups is 1. The minimum atomic E-state index is 0.137. The predicted octanol–water partition coefficient (Wildman–Crippen LogP) is 1.39. The van der Waals surface area contributed by atoms with Gasteiger partial charge < -0.3 is 15.0 Å². The molecule has 5 heteroatoms. The normalized spacial score (nSPS) is 16.1. The maximum absolute atomic E-state index is 11.7. The summed E-state index contributed by atoms with van der Waals surface area (Å²) in [5.41, 5.74) is 1.03. The van der Waals surface area contributed by atoms with Crippen LogP contribution in [0.1, 0.15) is 5.56 Å². The van der Waals surface area contributed by atoms with Crippen molar-refractivity contribution >= 4 is 21.8 Å². The summed E-state index contributed by atoms with van der Waals surface area (Å²) in [4.78, 5) is 13.5. The largest absolute Gasteiger partial charge is 0.496 e. The minimum absolute atomic E-state index is 0.137. The van der Waals surface area contributed by atoms with Gasteiger partial charge in [-0.15, -0.1) is 0 Å². The molecule has 0 spiro atoms. The van der Waals surface area contributed by atoms with Crippen LogP contribution < -0.4 is 10.1 Å². The first-order chi connectivity index (χ1) is 8.20. The first kappa shape index (κ1) is 12.4. The van der Waals surface area contributed by atoms with Crippen molar-refractivity contribution in [2.45, 2.75) is 6.54 Å². The number of rotatable bonds is 3. The Bertz CT molecular complexity index is 423. The van der Waals surface area contributed by atoms with E-state index in [-0.39, 0.29) is 5.91 Å². The summed E-state index contributed by atoms with van der Waals surface area (Å²) < 4.78 is 6.30. The van der Waals surface area contributed by atoms with E-state index >= 15 is 0 Å². The molecule has 1 saturated heterocycles. The predicted molar refractivity (Wildman–Crippen MR) is 69.0 cm³/mol. The zero-order chi connectivity index (χ0) is 12.3. The van der Waals surface area contributed by atoms with E-state index in [4.69, 9.17) is 4.74 Å². The quantitative estimate of drug-likeness (QED) is 0.917. The van der Waals surface area contributed by atoms with E-state index in [1.807, 2.05) is 23.1 Å². The Hall–Kier alpha value is -1.07. The van der Waals surface area contributed by atoms with Crippen LogP contribution in [0.15, 0.2) is 22.7 Å². The van der Waals surface area contributed by atoms with E-state index < -0.39 is 0 Å². The molecule has 1 N–H and O–H groups in total. The molecule has 4 nitrogen and oxygen atoms in total. The molecule has 1 aliphatic rings. The average Bonchev–Trinajstić information content (AvgIpc) is 2.32. The first-order valence-electron chi connectivity index (χ1n) is 5.51. The third kappa shape index (κ3) is 2.98. The molecule has 1 aliphatic heterocycles. The summed E-state index contributed by atoms with van der Waals surface area (Å²) in [5.74, 6) is 0.956.